The van der Waals surface area contributed by atoms with Crippen LogP contribution in [0.3, 0.4) is 0 Å². The van der Waals surface area contributed by atoms with E-state index in [1.807, 2.05) is 6.07 Å². The Morgan fingerprint density at radius 1 is 1.43 bits per heavy atom. The smallest absolute Gasteiger partial charge is 0.317 e. The lowest BCUT2D eigenvalue weighted by Gasteiger charge is -2.24. The van der Waals surface area contributed by atoms with Crippen LogP contribution in [0.2, 0.25) is 10.0 Å². The van der Waals surface area contributed by atoms with Gasteiger partial charge in [-0.2, -0.15) is 0 Å². The molecule has 0 aliphatic carbocycles. The van der Waals surface area contributed by atoms with Gasteiger partial charge in [-0.1, -0.05) is 29.3 Å². The van der Waals surface area contributed by atoms with Gasteiger partial charge in [0.25, 0.3) is 0 Å². The van der Waals surface area contributed by atoms with Gasteiger partial charge in [0.05, 0.1) is 12.6 Å². The maximum Gasteiger partial charge on any atom is 0.317 e. The molecule has 2 atom stereocenters. The first-order valence-electron chi connectivity index (χ1n) is 6.63. The van der Waals surface area contributed by atoms with Gasteiger partial charge in [0.2, 0.25) is 0 Å². The molecule has 0 spiro atoms. The van der Waals surface area contributed by atoms with Crippen LogP contribution in [0.1, 0.15) is 5.56 Å². The van der Waals surface area contributed by atoms with Crippen LogP contribution in [0.4, 0.5) is 0 Å². The Hall–Kier alpha value is -0.850. The van der Waals surface area contributed by atoms with Crippen LogP contribution in [-0.4, -0.2) is 64.8 Å². The normalized spacial score (nSPS) is 22.9. The first-order valence-corrected chi connectivity index (χ1v) is 7.39. The van der Waals surface area contributed by atoms with Crippen molar-refractivity contribution in [1.82, 2.24) is 9.80 Å². The third kappa shape index (κ3) is 4.31. The van der Waals surface area contributed by atoms with Gasteiger partial charge in [-0.15, -0.1) is 0 Å². The van der Waals surface area contributed by atoms with E-state index in [2.05, 4.69) is 4.90 Å². The Morgan fingerprint density at radius 2 is 2.14 bits per heavy atom. The predicted octanol–water partition coefficient (Wildman–Crippen LogP) is 1.55. The van der Waals surface area contributed by atoms with Gasteiger partial charge < -0.3 is 10.2 Å². The lowest BCUT2D eigenvalue weighted by molar-refractivity contribution is -0.138. The van der Waals surface area contributed by atoms with E-state index < -0.39 is 12.1 Å². The number of carboxylic acid groups (broad SMARTS) is 1. The minimum Gasteiger partial charge on any atom is -0.480 e. The molecule has 1 saturated heterocycles. The molecule has 116 valence electrons. The van der Waals surface area contributed by atoms with E-state index in [0.717, 1.165) is 5.56 Å². The molecule has 0 aromatic heterocycles. The molecule has 0 radical (unpaired) electrons. The van der Waals surface area contributed by atoms with Gasteiger partial charge in [0.15, 0.2) is 0 Å². The van der Waals surface area contributed by atoms with Crippen LogP contribution < -0.4 is 0 Å². The summed E-state index contributed by atoms with van der Waals surface area (Å²) >= 11 is 12.0. The molecule has 2 N–H and O–H groups in total. The Kier molecular flexibility index (Phi) is 5.46. The number of nitrogens with zero attached hydrogens (tertiary/aromatic N) is 2. The van der Waals surface area contributed by atoms with Crippen LogP contribution in [0.25, 0.3) is 0 Å². The second-order valence-corrected chi connectivity index (χ2v) is 6.22. The van der Waals surface area contributed by atoms with Crippen molar-refractivity contribution < 1.29 is 15.0 Å². The summed E-state index contributed by atoms with van der Waals surface area (Å²) in [5.41, 5.74) is 0.940. The van der Waals surface area contributed by atoms with E-state index in [-0.39, 0.29) is 12.6 Å². The fourth-order valence-electron chi connectivity index (χ4n) is 2.63. The summed E-state index contributed by atoms with van der Waals surface area (Å²) in [4.78, 5) is 14.5. The number of likely N-dealkylation sites (N-methyl/N-ethyl adjacent to an activating group) is 1. The van der Waals surface area contributed by atoms with Crippen molar-refractivity contribution in [2.45, 2.75) is 18.7 Å². The Bertz CT molecular complexity index is 527. The minimum atomic E-state index is -0.899. The maximum absolute atomic E-state index is 10.8. The van der Waals surface area contributed by atoms with Crippen LogP contribution in [0, 0.1) is 0 Å². The van der Waals surface area contributed by atoms with E-state index >= 15 is 0 Å². The molecule has 1 aliphatic heterocycles. The summed E-state index contributed by atoms with van der Waals surface area (Å²) in [6.07, 6.45) is -0.569. The summed E-state index contributed by atoms with van der Waals surface area (Å²) in [6.45, 7) is 1.61. The van der Waals surface area contributed by atoms with E-state index in [1.54, 1.807) is 24.1 Å². The van der Waals surface area contributed by atoms with E-state index in [4.69, 9.17) is 28.3 Å². The Balaban J connectivity index is 1.99. The summed E-state index contributed by atoms with van der Waals surface area (Å²) in [6, 6.07) is 5.15. The first-order chi connectivity index (χ1) is 9.86. The number of likely N-dealkylation sites (tertiary alicyclic amines) is 1. The van der Waals surface area contributed by atoms with Gasteiger partial charge in [-0.05, 0) is 24.7 Å². The third-order valence-electron chi connectivity index (χ3n) is 3.69. The first kappa shape index (κ1) is 16.5. The third-order valence-corrected chi connectivity index (χ3v) is 4.28. The molecule has 0 saturated carbocycles. The highest BCUT2D eigenvalue weighted by molar-refractivity contribution is 6.35. The molecule has 1 aliphatic rings. The fourth-order valence-corrected chi connectivity index (χ4v) is 3.10. The highest BCUT2D eigenvalue weighted by atomic mass is 35.5. The Labute approximate surface area is 133 Å². The van der Waals surface area contributed by atoms with Gasteiger partial charge in [0.1, 0.15) is 0 Å². The number of halogens is 2. The molecule has 5 nitrogen and oxygen atoms in total. The van der Waals surface area contributed by atoms with Crippen LogP contribution >= 0.6 is 23.2 Å². The van der Waals surface area contributed by atoms with Crippen molar-refractivity contribution in [1.29, 1.82) is 0 Å². The Morgan fingerprint density at radius 3 is 2.76 bits per heavy atom. The van der Waals surface area contributed by atoms with Crippen molar-refractivity contribution >= 4 is 29.2 Å². The highest BCUT2D eigenvalue weighted by Gasteiger charge is 2.34. The molecule has 0 amide bonds. The lowest BCUT2D eigenvalue weighted by atomic mass is 10.2. The SMILES string of the molecule is CN(CC(=O)O)C1CN(Cc2ccc(Cl)cc2Cl)C[C@H]1O. The molecule has 21 heavy (non-hydrogen) atoms. The molecule has 2 rings (SSSR count). The number of aliphatic hydroxyl groups is 1. The number of hydrogen-bond donors (Lipinski definition) is 2. The van der Waals surface area contributed by atoms with Crippen LogP contribution in [-0.2, 0) is 11.3 Å². The number of carbonyl (C=O) groups is 1. The molecule has 1 aromatic rings. The number of β-amino-alcohol motifs (C(OH)–C–C–N with tert-alkyl or cyclic N) is 1. The lowest BCUT2D eigenvalue weighted by Crippen LogP contribution is -2.43. The standard InChI is InChI=1S/C14H18Cl2N2O3/c1-17(8-14(20)21)12-6-18(7-13(12)19)5-9-2-3-10(15)4-11(9)16/h2-4,12-13,19H,5-8H2,1H3,(H,20,21)/t12?,13-/m1/s1. The summed E-state index contributed by atoms with van der Waals surface area (Å²) < 4.78 is 0. The van der Waals surface area contributed by atoms with Crippen LogP contribution in [0.15, 0.2) is 18.2 Å². The zero-order valence-electron chi connectivity index (χ0n) is 11.7. The average molecular weight is 333 g/mol. The largest absolute Gasteiger partial charge is 0.480 e. The summed E-state index contributed by atoms with van der Waals surface area (Å²) in [5.74, 6) is -0.899. The van der Waals surface area contributed by atoms with E-state index in [9.17, 15) is 9.90 Å². The molecule has 0 bridgehead atoms. The molecular weight excluding hydrogens is 315 g/mol. The van der Waals surface area contributed by atoms with Crippen molar-refractivity contribution in [2.75, 3.05) is 26.7 Å². The minimum absolute atomic E-state index is 0.0860. The quantitative estimate of drug-likeness (QED) is 0.856. The summed E-state index contributed by atoms with van der Waals surface area (Å²) in [5, 5.41) is 20.1. The van der Waals surface area contributed by atoms with Gasteiger partial charge in [0, 0.05) is 35.7 Å². The van der Waals surface area contributed by atoms with E-state index in [1.165, 1.54) is 0 Å². The fraction of sp³-hybridized carbons (Fsp3) is 0.500. The van der Waals surface area contributed by atoms with Gasteiger partial charge in [-0.3, -0.25) is 14.6 Å². The van der Waals surface area contributed by atoms with Gasteiger partial charge in [-0.25, -0.2) is 0 Å². The van der Waals surface area contributed by atoms with Crippen molar-refractivity contribution in [3.63, 3.8) is 0 Å². The predicted molar refractivity (Wildman–Crippen MR) is 81.8 cm³/mol. The average Bonchev–Trinajstić information content (AvgIpc) is 2.73. The van der Waals surface area contributed by atoms with Crippen molar-refractivity contribution in [3.05, 3.63) is 33.8 Å². The second kappa shape index (κ2) is 6.94. The highest BCUT2D eigenvalue weighted by Crippen LogP contribution is 2.24. The summed E-state index contributed by atoms with van der Waals surface area (Å²) in [7, 11) is 1.71. The van der Waals surface area contributed by atoms with Crippen molar-refractivity contribution in [3.8, 4) is 0 Å². The zero-order valence-corrected chi connectivity index (χ0v) is 13.2. The van der Waals surface area contributed by atoms with Gasteiger partial charge >= 0.3 is 5.97 Å². The maximum atomic E-state index is 10.8. The number of carboxylic acids is 1. The van der Waals surface area contributed by atoms with Crippen molar-refractivity contribution in [2.24, 2.45) is 0 Å². The number of hydrogen-bond acceptors (Lipinski definition) is 4. The van der Waals surface area contributed by atoms with Crippen LogP contribution in [0.5, 0.6) is 0 Å². The molecule has 7 heteroatoms. The second-order valence-electron chi connectivity index (χ2n) is 5.37. The number of aliphatic hydroxyl groups excluding tert-OH is 1. The molecular formula is C14H18Cl2N2O3. The number of benzene rings is 1. The number of rotatable bonds is 5. The molecule has 1 unspecified atom stereocenters. The topological polar surface area (TPSA) is 64.0 Å². The zero-order chi connectivity index (χ0) is 15.6. The number of aliphatic carboxylic acids is 1. The monoisotopic (exact) mass is 332 g/mol. The molecule has 1 heterocycles. The molecule has 1 aromatic carbocycles. The molecule has 1 fully saturated rings. The van der Waals surface area contributed by atoms with E-state index in [0.29, 0.717) is 29.7 Å².